The van der Waals surface area contributed by atoms with Crippen molar-refractivity contribution in [3.05, 3.63) is 158 Å². The van der Waals surface area contributed by atoms with Crippen LogP contribution in [-0.4, -0.2) is 4.98 Å². The maximum absolute atomic E-state index is 6.37. The fourth-order valence-electron chi connectivity index (χ4n) is 6.49. The van der Waals surface area contributed by atoms with Gasteiger partial charge in [0, 0.05) is 60.3 Å². The quantitative estimate of drug-likeness (QED) is 0.198. The van der Waals surface area contributed by atoms with Gasteiger partial charge in [0.15, 0.2) is 0 Å². The van der Waals surface area contributed by atoms with E-state index in [1.165, 1.54) is 31.3 Å². The molecular formula is C41H26N2OS. The molecule has 0 radical (unpaired) electrons. The molecule has 0 bridgehead atoms. The minimum atomic E-state index is 0.909. The largest absolute Gasteiger partial charge is 0.455 e. The molecule has 0 fully saturated rings. The van der Waals surface area contributed by atoms with Crippen molar-refractivity contribution in [1.29, 1.82) is 0 Å². The molecule has 0 N–H and O–H groups in total. The van der Waals surface area contributed by atoms with E-state index in [1.54, 1.807) is 0 Å². The van der Waals surface area contributed by atoms with Crippen LogP contribution in [0.1, 0.15) is 0 Å². The van der Waals surface area contributed by atoms with Crippen molar-refractivity contribution in [1.82, 2.24) is 4.98 Å². The van der Waals surface area contributed by atoms with Gasteiger partial charge in [-0.05, 0) is 65.2 Å². The molecule has 45 heavy (non-hydrogen) atoms. The van der Waals surface area contributed by atoms with Gasteiger partial charge in [-0.1, -0.05) is 97.1 Å². The van der Waals surface area contributed by atoms with Crippen LogP contribution in [-0.2, 0) is 0 Å². The van der Waals surface area contributed by atoms with Crippen LogP contribution in [0.25, 0.3) is 64.4 Å². The minimum Gasteiger partial charge on any atom is -0.455 e. The minimum absolute atomic E-state index is 0.909. The summed E-state index contributed by atoms with van der Waals surface area (Å²) in [5.74, 6) is 0. The van der Waals surface area contributed by atoms with E-state index in [1.807, 2.05) is 35.9 Å². The number of hydrogen-bond donors (Lipinski definition) is 0. The molecule has 9 rings (SSSR count). The van der Waals surface area contributed by atoms with Crippen LogP contribution in [0.15, 0.2) is 162 Å². The van der Waals surface area contributed by atoms with Crippen molar-refractivity contribution in [2.24, 2.45) is 0 Å². The fourth-order valence-corrected chi connectivity index (χ4v) is 7.58. The maximum atomic E-state index is 6.37. The Morgan fingerprint density at radius 2 is 1.31 bits per heavy atom. The summed E-state index contributed by atoms with van der Waals surface area (Å²) in [6.45, 7) is 0. The smallest absolute Gasteiger partial charge is 0.143 e. The summed E-state index contributed by atoms with van der Waals surface area (Å²) in [5.41, 5.74) is 9.70. The average Bonchev–Trinajstić information content (AvgIpc) is 3.68. The molecule has 0 aliphatic carbocycles. The molecule has 0 aliphatic rings. The first-order valence-electron chi connectivity index (χ1n) is 15.0. The second kappa shape index (κ2) is 10.5. The zero-order valence-corrected chi connectivity index (χ0v) is 25.0. The molecule has 6 aromatic carbocycles. The van der Waals surface area contributed by atoms with Crippen molar-refractivity contribution < 1.29 is 4.42 Å². The van der Waals surface area contributed by atoms with Crippen molar-refractivity contribution in [3.63, 3.8) is 0 Å². The maximum Gasteiger partial charge on any atom is 0.143 e. The molecule has 9 aromatic rings. The van der Waals surface area contributed by atoms with Gasteiger partial charge in [0.2, 0.25) is 0 Å². The number of thiophene rings is 1. The molecule has 0 unspecified atom stereocenters. The molecule has 3 nitrogen and oxygen atoms in total. The van der Waals surface area contributed by atoms with E-state index < -0.39 is 0 Å². The highest BCUT2D eigenvalue weighted by Gasteiger charge is 2.20. The summed E-state index contributed by atoms with van der Waals surface area (Å²) in [5, 5.41) is 4.66. The second-order valence-electron chi connectivity index (χ2n) is 11.2. The second-order valence-corrected chi connectivity index (χ2v) is 12.3. The van der Waals surface area contributed by atoms with Crippen molar-refractivity contribution >= 4 is 70.5 Å². The number of anilines is 3. The highest BCUT2D eigenvalue weighted by atomic mass is 32.1. The average molecular weight is 595 g/mol. The molecule has 0 saturated heterocycles. The Labute approximate surface area is 264 Å². The van der Waals surface area contributed by atoms with E-state index in [4.69, 9.17) is 4.42 Å². The lowest BCUT2D eigenvalue weighted by atomic mass is 10.0. The first kappa shape index (κ1) is 25.8. The standard InChI is InChI=1S/C41H26N2OS/c1-2-9-27(10-3-1)29-11-6-12-31(25-29)43(36-16-8-18-39-40(36)35-26-42-24-23-38(35)45-39)30-21-19-28(20-22-30)32-14-7-15-34-33-13-4-5-17-37(33)44-41(32)34/h1-26H. The Hall–Kier alpha value is -5.71. The third-order valence-corrected chi connectivity index (χ3v) is 9.70. The van der Waals surface area contributed by atoms with Crippen LogP contribution in [0.2, 0.25) is 0 Å². The van der Waals surface area contributed by atoms with Crippen LogP contribution in [0.3, 0.4) is 0 Å². The summed E-state index contributed by atoms with van der Waals surface area (Å²) < 4.78 is 8.85. The fraction of sp³-hybridized carbons (Fsp3) is 0. The van der Waals surface area contributed by atoms with Crippen LogP contribution in [0.4, 0.5) is 17.1 Å². The highest BCUT2D eigenvalue weighted by molar-refractivity contribution is 7.25. The van der Waals surface area contributed by atoms with Gasteiger partial charge in [-0.25, -0.2) is 0 Å². The molecule has 3 aromatic heterocycles. The zero-order valence-electron chi connectivity index (χ0n) is 24.2. The number of para-hydroxylation sites is 2. The molecule has 0 saturated carbocycles. The van der Waals surface area contributed by atoms with Crippen LogP contribution in [0, 0.1) is 0 Å². The number of benzene rings is 6. The van der Waals surface area contributed by atoms with Gasteiger partial charge in [-0.3, -0.25) is 4.98 Å². The Morgan fingerprint density at radius 3 is 2.22 bits per heavy atom. The molecule has 0 amide bonds. The Morgan fingerprint density at radius 1 is 0.533 bits per heavy atom. The lowest BCUT2D eigenvalue weighted by Gasteiger charge is -2.27. The van der Waals surface area contributed by atoms with Gasteiger partial charge >= 0.3 is 0 Å². The molecular weight excluding hydrogens is 569 g/mol. The van der Waals surface area contributed by atoms with E-state index in [0.717, 1.165) is 50.1 Å². The number of fused-ring (bicyclic) bond motifs is 6. The number of nitrogens with zero attached hydrogens (tertiary/aromatic N) is 2. The lowest BCUT2D eigenvalue weighted by molar-refractivity contribution is 0.670. The van der Waals surface area contributed by atoms with E-state index in [9.17, 15) is 0 Å². The van der Waals surface area contributed by atoms with Crippen LogP contribution >= 0.6 is 11.3 Å². The summed E-state index contributed by atoms with van der Waals surface area (Å²) in [7, 11) is 0. The Balaban J connectivity index is 1.23. The first-order chi connectivity index (χ1) is 22.3. The van der Waals surface area contributed by atoms with Crippen LogP contribution in [0.5, 0.6) is 0 Å². The summed E-state index contributed by atoms with van der Waals surface area (Å²) in [6, 6.07) is 51.6. The van der Waals surface area contributed by atoms with Gasteiger partial charge < -0.3 is 9.32 Å². The van der Waals surface area contributed by atoms with Gasteiger partial charge in [0.25, 0.3) is 0 Å². The van der Waals surface area contributed by atoms with E-state index in [-0.39, 0.29) is 0 Å². The third-order valence-electron chi connectivity index (χ3n) is 8.57. The topological polar surface area (TPSA) is 29.3 Å². The van der Waals surface area contributed by atoms with Crippen molar-refractivity contribution in [2.45, 2.75) is 0 Å². The summed E-state index contributed by atoms with van der Waals surface area (Å²) in [6.07, 6.45) is 3.87. The first-order valence-corrected chi connectivity index (χ1v) is 15.8. The number of furan rings is 1. The van der Waals surface area contributed by atoms with Gasteiger partial charge in [-0.2, -0.15) is 0 Å². The predicted octanol–water partition coefficient (Wildman–Crippen LogP) is 12.2. The summed E-state index contributed by atoms with van der Waals surface area (Å²) in [4.78, 5) is 6.87. The van der Waals surface area contributed by atoms with Crippen LogP contribution < -0.4 is 4.90 Å². The SMILES string of the molecule is c1ccc(-c2cccc(N(c3ccc(-c4cccc5c4oc4ccccc45)cc3)c3cccc4sc5ccncc5c34)c2)cc1. The van der Waals surface area contributed by atoms with Crippen molar-refractivity contribution in [3.8, 4) is 22.3 Å². The molecule has 0 aliphatic heterocycles. The predicted molar refractivity (Wildman–Crippen MR) is 190 cm³/mol. The Bertz CT molecular complexity index is 2490. The van der Waals surface area contributed by atoms with Crippen molar-refractivity contribution in [2.75, 3.05) is 4.90 Å². The molecule has 4 heteroatoms. The third kappa shape index (κ3) is 4.30. The molecule has 0 spiro atoms. The molecule has 3 heterocycles. The molecule has 0 atom stereocenters. The highest BCUT2D eigenvalue weighted by Crippen LogP contribution is 2.45. The van der Waals surface area contributed by atoms with E-state index in [2.05, 4.69) is 143 Å². The number of pyridine rings is 1. The van der Waals surface area contributed by atoms with Gasteiger partial charge in [0.1, 0.15) is 11.2 Å². The van der Waals surface area contributed by atoms with E-state index >= 15 is 0 Å². The lowest BCUT2D eigenvalue weighted by Crippen LogP contribution is -2.10. The zero-order chi connectivity index (χ0) is 29.7. The summed E-state index contributed by atoms with van der Waals surface area (Å²) >= 11 is 1.81. The van der Waals surface area contributed by atoms with E-state index in [0.29, 0.717) is 0 Å². The number of rotatable bonds is 5. The number of hydrogen-bond acceptors (Lipinski definition) is 4. The Kier molecular flexibility index (Phi) is 6.00. The monoisotopic (exact) mass is 594 g/mol. The van der Waals surface area contributed by atoms with Gasteiger partial charge in [0.05, 0.1) is 5.69 Å². The number of aromatic nitrogens is 1. The molecule has 212 valence electrons. The normalized spacial score (nSPS) is 11.6. The van der Waals surface area contributed by atoms with Gasteiger partial charge in [-0.15, -0.1) is 11.3 Å².